The molecule has 9 nitrogen and oxygen atoms in total. The van der Waals surface area contributed by atoms with Crippen LogP contribution in [-0.2, 0) is 19.6 Å². The van der Waals surface area contributed by atoms with Crippen molar-refractivity contribution in [1.29, 1.82) is 0 Å². The topological polar surface area (TPSA) is 114 Å². The molecule has 3 atom stereocenters. The minimum atomic E-state index is -3.46. The molecule has 2 aliphatic heterocycles. The monoisotopic (exact) mass is 493 g/mol. The number of ether oxygens (including phenoxy) is 2. The van der Waals surface area contributed by atoms with Crippen molar-refractivity contribution in [2.45, 2.75) is 82.6 Å². The van der Waals surface area contributed by atoms with Crippen LogP contribution in [0, 0.1) is 0 Å². The lowest BCUT2D eigenvalue weighted by Crippen LogP contribution is -2.54. The van der Waals surface area contributed by atoms with E-state index in [4.69, 9.17) is 9.47 Å². The Hall–Kier alpha value is -2.33. The zero-order valence-corrected chi connectivity index (χ0v) is 20.7. The number of hydrogen-bond acceptors (Lipinski definition) is 6. The van der Waals surface area contributed by atoms with Crippen molar-refractivity contribution >= 4 is 27.5 Å². The van der Waals surface area contributed by atoms with E-state index in [0.717, 1.165) is 12.8 Å². The maximum Gasteiger partial charge on any atom is 0.257 e. The van der Waals surface area contributed by atoms with Gasteiger partial charge in [-0.3, -0.25) is 14.3 Å². The summed E-state index contributed by atoms with van der Waals surface area (Å²) in [6, 6.07) is 4.79. The molecular weight excluding hydrogens is 458 g/mol. The number of nitrogens with one attached hydrogen (secondary N) is 2. The van der Waals surface area contributed by atoms with Crippen LogP contribution in [0.3, 0.4) is 0 Å². The summed E-state index contributed by atoms with van der Waals surface area (Å²) >= 11 is 0. The first-order chi connectivity index (χ1) is 16.3. The van der Waals surface area contributed by atoms with E-state index >= 15 is 0 Å². The Morgan fingerprint density at radius 3 is 2.65 bits per heavy atom. The van der Waals surface area contributed by atoms with Crippen LogP contribution in [0.4, 0.5) is 5.69 Å². The van der Waals surface area contributed by atoms with Crippen molar-refractivity contribution in [2.75, 3.05) is 24.1 Å². The largest absolute Gasteiger partial charge is 0.490 e. The highest BCUT2D eigenvalue weighted by Gasteiger charge is 2.39. The van der Waals surface area contributed by atoms with Crippen molar-refractivity contribution in [1.82, 2.24) is 10.2 Å². The van der Waals surface area contributed by atoms with E-state index in [-0.39, 0.29) is 48.5 Å². The molecule has 188 valence electrons. The lowest BCUT2D eigenvalue weighted by atomic mass is 9.93. The number of carbonyl (C=O) groups is 2. The minimum absolute atomic E-state index is 0.0268. The lowest BCUT2D eigenvalue weighted by molar-refractivity contribution is -0.134. The van der Waals surface area contributed by atoms with Crippen LogP contribution >= 0.6 is 0 Å². The van der Waals surface area contributed by atoms with Crippen molar-refractivity contribution in [3.05, 3.63) is 23.8 Å². The fraction of sp³-hybridized carbons (Fsp3) is 0.667. The number of anilines is 1. The molecule has 10 heteroatoms. The molecular formula is C24H35N3O6S. The van der Waals surface area contributed by atoms with E-state index in [0.29, 0.717) is 36.3 Å². The summed E-state index contributed by atoms with van der Waals surface area (Å²) in [7, 11) is -1.73. The third-order valence-electron chi connectivity index (χ3n) is 7.05. The Balaban J connectivity index is 1.42. The van der Waals surface area contributed by atoms with Crippen molar-refractivity contribution < 1.29 is 27.5 Å². The van der Waals surface area contributed by atoms with E-state index in [1.165, 1.54) is 25.3 Å². The molecule has 1 saturated carbocycles. The van der Waals surface area contributed by atoms with Crippen LogP contribution in [0.2, 0.25) is 0 Å². The first-order valence-corrected chi connectivity index (χ1v) is 13.9. The molecule has 2 heterocycles. The van der Waals surface area contributed by atoms with Crippen LogP contribution in [0.5, 0.6) is 5.75 Å². The Morgan fingerprint density at radius 2 is 1.91 bits per heavy atom. The summed E-state index contributed by atoms with van der Waals surface area (Å²) in [6.45, 7) is 1.80. The van der Waals surface area contributed by atoms with Crippen LogP contribution in [0.15, 0.2) is 18.2 Å². The van der Waals surface area contributed by atoms with E-state index in [1.54, 1.807) is 31.0 Å². The number of benzene rings is 1. The van der Waals surface area contributed by atoms with Gasteiger partial charge in [0, 0.05) is 18.8 Å². The average molecular weight is 494 g/mol. The van der Waals surface area contributed by atoms with Gasteiger partial charge < -0.3 is 19.7 Å². The zero-order chi connectivity index (χ0) is 24.3. The molecule has 34 heavy (non-hydrogen) atoms. The van der Waals surface area contributed by atoms with Gasteiger partial charge in [0.1, 0.15) is 18.5 Å². The molecule has 2 N–H and O–H groups in total. The van der Waals surface area contributed by atoms with Crippen molar-refractivity contribution in [2.24, 2.45) is 0 Å². The van der Waals surface area contributed by atoms with Crippen molar-refractivity contribution in [3.8, 4) is 5.75 Å². The third-order valence-corrected chi connectivity index (χ3v) is 8.36. The van der Waals surface area contributed by atoms with Crippen LogP contribution in [0.1, 0.15) is 68.6 Å². The fourth-order valence-electron chi connectivity index (χ4n) is 5.08. The number of carbonyl (C=O) groups excluding carboxylic acids is 2. The van der Waals surface area contributed by atoms with Gasteiger partial charge in [-0.15, -0.1) is 0 Å². The second kappa shape index (κ2) is 10.5. The van der Waals surface area contributed by atoms with E-state index in [1.807, 2.05) is 0 Å². The molecule has 1 aromatic carbocycles. The molecule has 1 aliphatic carbocycles. The van der Waals surface area contributed by atoms with Gasteiger partial charge in [-0.2, -0.15) is 0 Å². The highest BCUT2D eigenvalue weighted by Crippen LogP contribution is 2.32. The van der Waals surface area contributed by atoms with E-state index in [9.17, 15) is 18.0 Å². The quantitative estimate of drug-likeness (QED) is 0.630. The first-order valence-electron chi connectivity index (χ1n) is 12.2. The van der Waals surface area contributed by atoms with Crippen LogP contribution < -0.4 is 14.8 Å². The van der Waals surface area contributed by atoms with Crippen LogP contribution in [0.25, 0.3) is 0 Å². The Morgan fingerprint density at radius 1 is 1.15 bits per heavy atom. The highest BCUT2D eigenvalue weighted by atomic mass is 32.2. The predicted octanol–water partition coefficient (Wildman–Crippen LogP) is 2.67. The normalized spacial score (nSPS) is 25.9. The molecule has 2 fully saturated rings. The summed E-state index contributed by atoms with van der Waals surface area (Å²) in [4.78, 5) is 27.5. The second-order valence-corrected chi connectivity index (χ2v) is 11.5. The number of fused-ring (bicyclic) bond motifs is 2. The van der Waals surface area contributed by atoms with Gasteiger partial charge in [0.2, 0.25) is 15.9 Å². The minimum Gasteiger partial charge on any atom is -0.490 e. The zero-order valence-electron chi connectivity index (χ0n) is 19.9. The molecule has 0 spiro atoms. The van der Waals surface area contributed by atoms with Gasteiger partial charge in [0.25, 0.3) is 5.91 Å². The Labute approximate surface area is 201 Å². The predicted molar refractivity (Wildman–Crippen MR) is 128 cm³/mol. The number of nitrogens with zero attached hydrogens (tertiary/aromatic N) is 1. The van der Waals surface area contributed by atoms with Gasteiger partial charge >= 0.3 is 0 Å². The van der Waals surface area contributed by atoms with E-state index in [2.05, 4.69) is 10.0 Å². The molecule has 0 radical (unpaired) electrons. The van der Waals surface area contributed by atoms with Gasteiger partial charge in [0.15, 0.2) is 0 Å². The van der Waals surface area contributed by atoms with E-state index < -0.39 is 10.0 Å². The number of sulfonamides is 1. The summed E-state index contributed by atoms with van der Waals surface area (Å²) in [5.74, 6) is 0.101. The maximum absolute atomic E-state index is 13.3. The molecule has 1 saturated heterocycles. The molecule has 4 rings (SSSR count). The molecule has 0 aromatic heterocycles. The Kier molecular flexibility index (Phi) is 7.67. The molecule has 3 aliphatic rings. The first kappa shape index (κ1) is 24.8. The second-order valence-electron chi connectivity index (χ2n) is 9.49. The molecule has 2 amide bonds. The standard InChI is InChI=1S/C24H35N3O6S/c1-3-34(30,31)26-17-9-12-21-19(13-17)24(29)27(2)20-11-10-18(33-22(20)15-32-21)14-23(28)25-16-7-5-4-6-8-16/h9,12-13,16,18,20,22,26H,3-8,10-11,14-15H2,1-2H3,(H,25,28)/t18-,20+,22+/m0/s1. The Bertz CT molecular complexity index is 1010. The van der Waals surface area contributed by atoms with Gasteiger partial charge in [0.05, 0.1) is 29.9 Å². The summed E-state index contributed by atoms with van der Waals surface area (Å²) < 4.78 is 38.5. The third kappa shape index (κ3) is 5.83. The number of hydrogen-bond donors (Lipinski definition) is 2. The highest BCUT2D eigenvalue weighted by molar-refractivity contribution is 7.92. The smallest absolute Gasteiger partial charge is 0.257 e. The summed E-state index contributed by atoms with van der Waals surface area (Å²) in [6.07, 6.45) is 6.81. The maximum atomic E-state index is 13.3. The van der Waals surface area contributed by atoms with Gasteiger partial charge in [-0.05, 0) is 50.8 Å². The summed E-state index contributed by atoms with van der Waals surface area (Å²) in [5, 5.41) is 3.15. The number of amides is 2. The lowest BCUT2D eigenvalue weighted by Gasteiger charge is -2.42. The number of rotatable bonds is 6. The fourth-order valence-corrected chi connectivity index (χ4v) is 5.71. The van der Waals surface area contributed by atoms with Gasteiger partial charge in [-0.25, -0.2) is 8.42 Å². The SMILES string of the molecule is CCS(=O)(=O)Nc1ccc2c(c1)C(=O)N(C)[C@@H]1CC[C@@H](CC(=O)NC3CCCCC3)O[C@@H]1CO2. The molecule has 1 aromatic rings. The van der Waals surface area contributed by atoms with Crippen molar-refractivity contribution in [3.63, 3.8) is 0 Å². The summed E-state index contributed by atoms with van der Waals surface area (Å²) in [5.41, 5.74) is 0.637. The molecule has 0 unspecified atom stereocenters. The number of likely N-dealkylation sites (N-methyl/N-ethyl adjacent to an activating group) is 1. The van der Waals surface area contributed by atoms with Crippen LogP contribution in [-0.4, -0.2) is 68.8 Å². The van der Waals surface area contributed by atoms with Gasteiger partial charge in [-0.1, -0.05) is 19.3 Å². The average Bonchev–Trinajstić information content (AvgIpc) is 2.82. The molecule has 0 bridgehead atoms.